The maximum Gasteiger partial charge on any atom is 0.246 e. The zero-order chi connectivity index (χ0) is 18.7. The highest BCUT2D eigenvalue weighted by atomic mass is 32.2. The van der Waals surface area contributed by atoms with Crippen LogP contribution in [0.25, 0.3) is 6.08 Å². The third kappa shape index (κ3) is 4.03. The van der Waals surface area contributed by atoms with Crippen molar-refractivity contribution in [1.82, 2.24) is 9.21 Å². The summed E-state index contributed by atoms with van der Waals surface area (Å²) in [5, 5.41) is 0. The quantitative estimate of drug-likeness (QED) is 0.750. The summed E-state index contributed by atoms with van der Waals surface area (Å²) in [5.41, 5.74) is 0. The molecule has 0 unspecified atom stereocenters. The van der Waals surface area contributed by atoms with E-state index in [4.69, 9.17) is 0 Å². The summed E-state index contributed by atoms with van der Waals surface area (Å²) < 4.78 is 40.2. The van der Waals surface area contributed by atoms with Gasteiger partial charge in [0.1, 0.15) is 10.7 Å². The number of thiophene rings is 1. The zero-order valence-corrected chi connectivity index (χ0v) is 15.9. The number of hydrogen-bond acceptors (Lipinski definition) is 4. The zero-order valence-electron chi connectivity index (χ0n) is 14.3. The van der Waals surface area contributed by atoms with Gasteiger partial charge in [0.25, 0.3) is 0 Å². The number of benzene rings is 1. The second kappa shape index (κ2) is 7.69. The summed E-state index contributed by atoms with van der Waals surface area (Å²) >= 11 is 1.60. The van der Waals surface area contributed by atoms with Gasteiger partial charge in [-0.1, -0.05) is 12.1 Å². The van der Waals surface area contributed by atoms with Gasteiger partial charge in [0.2, 0.25) is 15.9 Å². The van der Waals surface area contributed by atoms with E-state index in [9.17, 15) is 17.6 Å². The summed E-state index contributed by atoms with van der Waals surface area (Å²) in [6, 6.07) is 9.26. The molecule has 0 N–H and O–H groups in total. The molecule has 1 amide bonds. The number of aryl methyl sites for hydroxylation is 1. The van der Waals surface area contributed by atoms with Crippen LogP contribution in [0.1, 0.15) is 9.75 Å². The Labute approximate surface area is 156 Å². The predicted molar refractivity (Wildman–Crippen MR) is 99.8 cm³/mol. The molecular formula is C18H19FN2O3S2. The molecule has 1 saturated heterocycles. The van der Waals surface area contributed by atoms with Crippen molar-refractivity contribution >= 4 is 33.3 Å². The molecule has 138 valence electrons. The Hall–Kier alpha value is -2.03. The minimum absolute atomic E-state index is 0.147. The van der Waals surface area contributed by atoms with E-state index in [0.29, 0.717) is 0 Å². The van der Waals surface area contributed by atoms with Crippen molar-refractivity contribution in [2.24, 2.45) is 0 Å². The van der Waals surface area contributed by atoms with Gasteiger partial charge in [-0.3, -0.25) is 4.79 Å². The molecule has 0 atom stereocenters. The molecule has 0 saturated carbocycles. The monoisotopic (exact) mass is 394 g/mol. The Bertz CT molecular complexity index is 929. The number of piperazine rings is 1. The maximum atomic E-state index is 13.8. The van der Waals surface area contributed by atoms with Crippen LogP contribution in [0.4, 0.5) is 4.39 Å². The Kier molecular flexibility index (Phi) is 5.55. The SMILES string of the molecule is Cc1ccc(/C=C/C(=O)N2CCN(S(=O)(=O)c3ccccc3F)CC2)s1. The van der Waals surface area contributed by atoms with Crippen LogP contribution in [0.5, 0.6) is 0 Å². The van der Waals surface area contributed by atoms with Crippen molar-refractivity contribution in [3.8, 4) is 0 Å². The number of rotatable bonds is 4. The normalized spacial score (nSPS) is 16.3. The number of hydrogen-bond donors (Lipinski definition) is 0. The molecule has 1 aliphatic rings. The highest BCUT2D eigenvalue weighted by Gasteiger charge is 2.31. The van der Waals surface area contributed by atoms with Gasteiger partial charge in [0.05, 0.1) is 0 Å². The average molecular weight is 394 g/mol. The molecule has 1 aromatic carbocycles. The first-order valence-corrected chi connectivity index (χ1v) is 10.4. The highest BCUT2D eigenvalue weighted by Crippen LogP contribution is 2.21. The third-order valence-corrected chi connectivity index (χ3v) is 7.05. The standard InChI is InChI=1S/C18H19FN2O3S2/c1-14-6-7-15(25-14)8-9-18(22)20-10-12-21(13-11-20)26(23,24)17-5-3-2-4-16(17)19/h2-9H,10-13H2,1H3/b9-8+. The number of nitrogens with zero attached hydrogens (tertiary/aromatic N) is 2. The smallest absolute Gasteiger partial charge is 0.246 e. The highest BCUT2D eigenvalue weighted by molar-refractivity contribution is 7.89. The van der Waals surface area contributed by atoms with Crippen molar-refractivity contribution < 1.29 is 17.6 Å². The second-order valence-corrected chi connectivity index (χ2v) is 9.17. The van der Waals surface area contributed by atoms with Gasteiger partial charge in [0, 0.05) is 42.0 Å². The van der Waals surface area contributed by atoms with Crippen LogP contribution in [0.3, 0.4) is 0 Å². The van der Waals surface area contributed by atoms with E-state index in [1.54, 1.807) is 22.3 Å². The Morgan fingerprint density at radius 3 is 2.42 bits per heavy atom. The van der Waals surface area contributed by atoms with Crippen molar-refractivity contribution in [3.63, 3.8) is 0 Å². The number of amides is 1. The van der Waals surface area contributed by atoms with Gasteiger partial charge in [-0.15, -0.1) is 11.3 Å². The predicted octanol–water partition coefficient (Wildman–Crippen LogP) is 2.74. The van der Waals surface area contributed by atoms with Crippen LogP contribution in [-0.2, 0) is 14.8 Å². The molecule has 0 bridgehead atoms. The first-order chi connectivity index (χ1) is 12.4. The molecule has 3 rings (SSSR count). The lowest BCUT2D eigenvalue weighted by Crippen LogP contribution is -2.50. The van der Waals surface area contributed by atoms with E-state index in [2.05, 4.69) is 0 Å². The van der Waals surface area contributed by atoms with E-state index < -0.39 is 15.8 Å². The van der Waals surface area contributed by atoms with Crippen LogP contribution < -0.4 is 0 Å². The summed E-state index contributed by atoms with van der Waals surface area (Å²) in [4.78, 5) is 15.7. The van der Waals surface area contributed by atoms with Gasteiger partial charge in [-0.25, -0.2) is 12.8 Å². The molecular weight excluding hydrogens is 375 g/mol. The molecule has 2 heterocycles. The lowest BCUT2D eigenvalue weighted by Gasteiger charge is -2.33. The molecule has 8 heteroatoms. The minimum atomic E-state index is -3.89. The fraction of sp³-hybridized carbons (Fsp3) is 0.278. The molecule has 26 heavy (non-hydrogen) atoms. The summed E-state index contributed by atoms with van der Waals surface area (Å²) in [6.45, 7) is 2.85. The summed E-state index contributed by atoms with van der Waals surface area (Å²) in [6.07, 6.45) is 3.27. The van der Waals surface area contributed by atoms with E-state index in [1.807, 2.05) is 19.1 Å². The fourth-order valence-corrected chi connectivity index (χ4v) is 5.01. The Balaban J connectivity index is 1.63. The van der Waals surface area contributed by atoms with Gasteiger partial charge in [-0.05, 0) is 37.3 Å². The molecule has 2 aromatic rings. The number of halogens is 1. The van der Waals surface area contributed by atoms with E-state index in [-0.39, 0.29) is 37.0 Å². The van der Waals surface area contributed by atoms with Crippen LogP contribution in [-0.4, -0.2) is 49.7 Å². The van der Waals surface area contributed by atoms with Crippen LogP contribution in [0.2, 0.25) is 0 Å². The molecule has 0 spiro atoms. The first-order valence-electron chi connectivity index (χ1n) is 8.16. The van der Waals surface area contributed by atoms with E-state index in [0.717, 1.165) is 10.9 Å². The molecule has 1 aliphatic heterocycles. The number of carbonyl (C=O) groups excluding carboxylic acids is 1. The van der Waals surface area contributed by atoms with E-state index in [1.165, 1.54) is 33.5 Å². The average Bonchev–Trinajstić information content (AvgIpc) is 3.05. The molecule has 5 nitrogen and oxygen atoms in total. The Morgan fingerprint density at radius 2 is 1.81 bits per heavy atom. The molecule has 1 fully saturated rings. The van der Waals surface area contributed by atoms with Crippen molar-refractivity contribution in [3.05, 3.63) is 58.0 Å². The molecule has 0 aliphatic carbocycles. The topological polar surface area (TPSA) is 57.7 Å². The molecule has 0 radical (unpaired) electrons. The second-order valence-electron chi connectivity index (χ2n) is 5.94. The lowest BCUT2D eigenvalue weighted by molar-refractivity contribution is -0.127. The van der Waals surface area contributed by atoms with Crippen LogP contribution in [0.15, 0.2) is 47.4 Å². The van der Waals surface area contributed by atoms with Crippen LogP contribution >= 0.6 is 11.3 Å². The molecule has 1 aromatic heterocycles. The third-order valence-electron chi connectivity index (χ3n) is 4.16. The van der Waals surface area contributed by atoms with E-state index >= 15 is 0 Å². The van der Waals surface area contributed by atoms with Crippen molar-refractivity contribution in [2.75, 3.05) is 26.2 Å². The largest absolute Gasteiger partial charge is 0.337 e. The van der Waals surface area contributed by atoms with Gasteiger partial charge < -0.3 is 4.90 Å². The maximum absolute atomic E-state index is 13.8. The van der Waals surface area contributed by atoms with Crippen LogP contribution in [0, 0.1) is 12.7 Å². The summed E-state index contributed by atoms with van der Waals surface area (Å²) in [5.74, 6) is -0.917. The summed E-state index contributed by atoms with van der Waals surface area (Å²) in [7, 11) is -3.89. The van der Waals surface area contributed by atoms with Gasteiger partial charge in [-0.2, -0.15) is 4.31 Å². The number of carbonyl (C=O) groups is 1. The van der Waals surface area contributed by atoms with Gasteiger partial charge in [0.15, 0.2) is 0 Å². The fourth-order valence-electron chi connectivity index (χ4n) is 2.74. The number of sulfonamides is 1. The minimum Gasteiger partial charge on any atom is -0.337 e. The lowest BCUT2D eigenvalue weighted by atomic mass is 10.3. The first kappa shape index (κ1) is 18.8. The van der Waals surface area contributed by atoms with Crippen molar-refractivity contribution in [1.29, 1.82) is 0 Å². The van der Waals surface area contributed by atoms with Gasteiger partial charge >= 0.3 is 0 Å². The Morgan fingerprint density at radius 1 is 1.12 bits per heavy atom. The van der Waals surface area contributed by atoms with Crippen molar-refractivity contribution in [2.45, 2.75) is 11.8 Å².